The maximum absolute atomic E-state index is 13.1. The molecule has 0 N–H and O–H groups in total. The van der Waals surface area contributed by atoms with Gasteiger partial charge in [0.1, 0.15) is 5.71 Å². The van der Waals surface area contributed by atoms with Gasteiger partial charge in [0.25, 0.3) is 0 Å². The van der Waals surface area contributed by atoms with Crippen LogP contribution < -0.4 is 0 Å². The monoisotopic (exact) mass is 383 g/mol. The van der Waals surface area contributed by atoms with Crippen molar-refractivity contribution in [1.29, 1.82) is 0 Å². The minimum atomic E-state index is 0.0123. The molecular formula is C25H25N3O. The smallest absolute Gasteiger partial charge is 0.210 e. The molecule has 0 atom stereocenters. The second-order valence-electron chi connectivity index (χ2n) is 8.27. The third-order valence-corrected chi connectivity index (χ3v) is 6.24. The van der Waals surface area contributed by atoms with Gasteiger partial charge in [0.05, 0.1) is 24.3 Å². The number of benzene rings is 1. The van der Waals surface area contributed by atoms with Crippen molar-refractivity contribution in [3.05, 3.63) is 53.8 Å². The van der Waals surface area contributed by atoms with E-state index in [1.165, 1.54) is 18.2 Å². The number of aliphatic imine (C=N–C) groups is 1. The molecule has 4 heteroatoms. The molecule has 29 heavy (non-hydrogen) atoms. The van der Waals surface area contributed by atoms with Crippen LogP contribution in [0.25, 0.3) is 16.6 Å². The molecule has 0 radical (unpaired) electrons. The highest BCUT2D eigenvalue weighted by atomic mass is 16.1. The first-order valence-corrected chi connectivity index (χ1v) is 10.5. The number of aromatic nitrogens is 1. The first-order valence-electron chi connectivity index (χ1n) is 10.5. The first kappa shape index (κ1) is 18.1. The third kappa shape index (κ3) is 3.36. The van der Waals surface area contributed by atoms with Gasteiger partial charge in [0, 0.05) is 23.6 Å². The molecule has 5 rings (SSSR count). The van der Waals surface area contributed by atoms with Crippen LogP contribution in [0.5, 0.6) is 0 Å². The summed E-state index contributed by atoms with van der Waals surface area (Å²) in [5.41, 5.74) is 4.47. The molecule has 146 valence electrons. The van der Waals surface area contributed by atoms with Gasteiger partial charge in [0.15, 0.2) is 0 Å². The van der Waals surface area contributed by atoms with E-state index < -0.39 is 0 Å². The molecule has 0 unspecified atom stereocenters. The Morgan fingerprint density at radius 1 is 1.14 bits per heavy atom. The van der Waals surface area contributed by atoms with E-state index in [0.29, 0.717) is 18.7 Å². The number of allylic oxidation sites excluding steroid dienone is 4. The van der Waals surface area contributed by atoms with Crippen LogP contribution in [0.3, 0.4) is 0 Å². The molecule has 0 spiro atoms. The van der Waals surface area contributed by atoms with Crippen molar-refractivity contribution in [3.8, 4) is 11.8 Å². The maximum atomic E-state index is 13.1. The van der Waals surface area contributed by atoms with Gasteiger partial charge in [-0.3, -0.25) is 14.7 Å². The van der Waals surface area contributed by atoms with Crippen LogP contribution in [0, 0.1) is 17.8 Å². The molecule has 1 aromatic carbocycles. The molecule has 3 heterocycles. The highest BCUT2D eigenvalue weighted by molar-refractivity contribution is 6.60. The summed E-state index contributed by atoms with van der Waals surface area (Å²) < 4.78 is 2.10. The lowest BCUT2D eigenvalue weighted by Crippen LogP contribution is -2.33. The normalized spacial score (nSPS) is 19.6. The molecule has 3 aliphatic rings. The lowest BCUT2D eigenvalue weighted by molar-refractivity contribution is -0.109. The number of rotatable bonds is 2. The van der Waals surface area contributed by atoms with Crippen molar-refractivity contribution in [2.45, 2.75) is 32.7 Å². The number of para-hydroxylation sites is 1. The van der Waals surface area contributed by atoms with Gasteiger partial charge in [0.2, 0.25) is 5.78 Å². The molecule has 1 aromatic heterocycles. The van der Waals surface area contributed by atoms with E-state index in [-0.39, 0.29) is 5.78 Å². The molecule has 0 bridgehead atoms. The topological polar surface area (TPSA) is 37.6 Å². The summed E-state index contributed by atoms with van der Waals surface area (Å²) in [6, 6.07) is 8.34. The summed E-state index contributed by atoms with van der Waals surface area (Å²) in [5, 5.41) is 1.18. The minimum absolute atomic E-state index is 0.0123. The zero-order valence-corrected chi connectivity index (χ0v) is 16.8. The van der Waals surface area contributed by atoms with Crippen LogP contribution in [0.15, 0.2) is 53.2 Å². The Hall–Kier alpha value is -2.90. The fraction of sp³-hybridized carbons (Fsp3) is 0.360. The fourth-order valence-electron chi connectivity index (χ4n) is 4.40. The zero-order chi connectivity index (χ0) is 19.8. The Morgan fingerprint density at radius 2 is 2.00 bits per heavy atom. The highest BCUT2D eigenvalue weighted by Gasteiger charge is 2.27. The fourth-order valence-corrected chi connectivity index (χ4v) is 4.40. The highest BCUT2D eigenvalue weighted by Crippen LogP contribution is 2.30. The number of carbonyl (C=O) groups excluding carboxylic acids is 1. The Bertz CT molecular complexity index is 1130. The summed E-state index contributed by atoms with van der Waals surface area (Å²) in [6.07, 6.45) is 8.98. The molecule has 1 fully saturated rings. The lowest BCUT2D eigenvalue weighted by Gasteiger charge is -2.28. The standard InChI is InChI=1S/C25H25N3O/c1-18-10-14-27(15-11-18)13-3-2-5-20-8-9-22-23(25(20)29)26-17-21-7-4-6-19-12-16-28(22)24(19)21/h4,6-9,12,16,18H,5,10-11,13-15,17H2,1H3. The van der Waals surface area contributed by atoms with E-state index in [4.69, 9.17) is 0 Å². The second kappa shape index (κ2) is 7.50. The number of nitrogens with zero attached hydrogens (tertiary/aromatic N) is 3. The molecule has 2 aromatic rings. The van der Waals surface area contributed by atoms with Crippen LogP contribution >= 0.6 is 0 Å². The van der Waals surface area contributed by atoms with Crippen molar-refractivity contribution in [2.75, 3.05) is 19.6 Å². The van der Waals surface area contributed by atoms with E-state index in [9.17, 15) is 4.79 Å². The summed E-state index contributed by atoms with van der Waals surface area (Å²) in [5.74, 6) is 7.32. The predicted octanol–water partition coefficient (Wildman–Crippen LogP) is 4.07. The number of Topliss-reactive ketones (excluding diaryl/α,β-unsaturated/α-hetero) is 1. The van der Waals surface area contributed by atoms with Crippen LogP contribution in [-0.2, 0) is 11.3 Å². The summed E-state index contributed by atoms with van der Waals surface area (Å²) in [7, 11) is 0. The number of carbonyl (C=O) groups is 1. The maximum Gasteiger partial charge on any atom is 0.210 e. The number of hydrogen-bond donors (Lipinski definition) is 0. The number of fused-ring (bicyclic) bond motifs is 2. The summed E-state index contributed by atoms with van der Waals surface area (Å²) in [6.45, 7) is 5.91. The van der Waals surface area contributed by atoms with Gasteiger partial charge >= 0.3 is 0 Å². The Kier molecular flexibility index (Phi) is 4.69. The molecular weight excluding hydrogens is 358 g/mol. The number of likely N-dealkylation sites (tertiary alicyclic amines) is 1. The van der Waals surface area contributed by atoms with Crippen molar-refractivity contribution in [3.63, 3.8) is 0 Å². The van der Waals surface area contributed by atoms with Crippen LogP contribution in [0.4, 0.5) is 0 Å². The minimum Gasteiger partial charge on any atom is -0.314 e. The van der Waals surface area contributed by atoms with Gasteiger partial charge in [-0.2, -0.15) is 0 Å². The van der Waals surface area contributed by atoms with E-state index in [1.54, 1.807) is 0 Å². The molecule has 0 saturated carbocycles. The third-order valence-electron chi connectivity index (χ3n) is 6.24. The number of piperidine rings is 1. The van der Waals surface area contributed by atoms with Gasteiger partial charge in [-0.25, -0.2) is 0 Å². The second-order valence-corrected chi connectivity index (χ2v) is 8.27. The van der Waals surface area contributed by atoms with Crippen LogP contribution in [0.1, 0.15) is 31.7 Å². The summed E-state index contributed by atoms with van der Waals surface area (Å²) >= 11 is 0. The molecule has 1 saturated heterocycles. The van der Waals surface area contributed by atoms with E-state index in [2.05, 4.69) is 57.5 Å². The molecule has 0 amide bonds. The zero-order valence-electron chi connectivity index (χ0n) is 16.8. The largest absolute Gasteiger partial charge is 0.314 e. The Balaban J connectivity index is 1.35. The van der Waals surface area contributed by atoms with E-state index in [0.717, 1.165) is 47.9 Å². The molecule has 4 nitrogen and oxygen atoms in total. The van der Waals surface area contributed by atoms with Gasteiger partial charge in [-0.1, -0.05) is 43.0 Å². The predicted molar refractivity (Wildman–Crippen MR) is 118 cm³/mol. The van der Waals surface area contributed by atoms with Gasteiger partial charge in [-0.05, 0) is 49.6 Å². The van der Waals surface area contributed by atoms with Crippen LogP contribution in [-0.4, -0.2) is 40.6 Å². The lowest BCUT2D eigenvalue weighted by atomic mass is 9.96. The Labute approximate surface area is 171 Å². The average Bonchev–Trinajstić information content (AvgIpc) is 3.09. The Morgan fingerprint density at radius 3 is 2.86 bits per heavy atom. The van der Waals surface area contributed by atoms with Crippen molar-refractivity contribution in [1.82, 2.24) is 9.47 Å². The van der Waals surface area contributed by atoms with E-state index >= 15 is 0 Å². The van der Waals surface area contributed by atoms with Gasteiger partial charge in [-0.15, -0.1) is 0 Å². The van der Waals surface area contributed by atoms with Crippen molar-refractivity contribution < 1.29 is 4.79 Å². The first-order chi connectivity index (χ1) is 14.2. The molecule has 1 aliphatic carbocycles. The van der Waals surface area contributed by atoms with Crippen molar-refractivity contribution >= 4 is 28.1 Å². The SMILES string of the molecule is CC1CCN(CC#CCC2=CC=C3C(=NCc4cccc5ccn3c45)C2=O)CC1. The van der Waals surface area contributed by atoms with Crippen LogP contribution in [0.2, 0.25) is 0 Å². The quantitative estimate of drug-likeness (QED) is 0.579. The van der Waals surface area contributed by atoms with Gasteiger partial charge < -0.3 is 4.57 Å². The number of hydrogen-bond acceptors (Lipinski definition) is 3. The molecule has 2 aliphatic heterocycles. The number of ketones is 1. The van der Waals surface area contributed by atoms with E-state index in [1.807, 2.05) is 18.3 Å². The average molecular weight is 383 g/mol. The summed E-state index contributed by atoms with van der Waals surface area (Å²) in [4.78, 5) is 20.2. The van der Waals surface area contributed by atoms with Crippen molar-refractivity contribution in [2.24, 2.45) is 10.9 Å².